The van der Waals surface area contributed by atoms with Crippen molar-refractivity contribution in [1.82, 2.24) is 35.2 Å². The van der Waals surface area contributed by atoms with E-state index < -0.39 is 48.5 Å². The number of carbonyl (C=O) groups is 2. The molecule has 176 valence electrons. The molecular formula is C18H15F6N7O2. The Morgan fingerprint density at radius 1 is 1.03 bits per heavy atom. The van der Waals surface area contributed by atoms with Crippen molar-refractivity contribution < 1.29 is 35.9 Å². The second-order valence-corrected chi connectivity index (χ2v) is 6.74. The number of carbonyl (C=O) groups excluding carboxylic acids is 2. The predicted molar refractivity (Wildman–Crippen MR) is 98.3 cm³/mol. The van der Waals surface area contributed by atoms with E-state index in [9.17, 15) is 35.9 Å². The van der Waals surface area contributed by atoms with Crippen LogP contribution in [0.15, 0.2) is 30.7 Å². The summed E-state index contributed by atoms with van der Waals surface area (Å²) in [6.07, 6.45) is -7.42. The van der Waals surface area contributed by atoms with E-state index in [0.717, 1.165) is 6.20 Å². The van der Waals surface area contributed by atoms with E-state index in [4.69, 9.17) is 0 Å². The number of hydrogen-bond donors (Lipinski definition) is 2. The summed E-state index contributed by atoms with van der Waals surface area (Å²) in [4.78, 5) is 34.5. The third kappa shape index (κ3) is 6.85. The van der Waals surface area contributed by atoms with E-state index in [1.807, 2.05) is 0 Å². The van der Waals surface area contributed by atoms with Crippen LogP contribution in [0.4, 0.5) is 26.3 Å². The van der Waals surface area contributed by atoms with Crippen LogP contribution in [0.3, 0.4) is 0 Å². The maximum Gasteiger partial charge on any atom is 0.433 e. The summed E-state index contributed by atoms with van der Waals surface area (Å²) < 4.78 is 75.9. The van der Waals surface area contributed by atoms with Gasteiger partial charge in [-0.3, -0.25) is 9.59 Å². The van der Waals surface area contributed by atoms with E-state index in [0.29, 0.717) is 23.0 Å². The van der Waals surface area contributed by atoms with Crippen LogP contribution < -0.4 is 10.6 Å². The smallest absolute Gasteiger partial charge is 0.352 e. The summed E-state index contributed by atoms with van der Waals surface area (Å²) in [5.41, 5.74) is -0.148. The molecule has 0 saturated carbocycles. The quantitative estimate of drug-likeness (QED) is 0.508. The Morgan fingerprint density at radius 2 is 1.79 bits per heavy atom. The molecule has 9 nitrogen and oxygen atoms in total. The summed E-state index contributed by atoms with van der Waals surface area (Å²) in [5.74, 6) is -2.36. The Labute approximate surface area is 181 Å². The highest BCUT2D eigenvalue weighted by molar-refractivity contribution is 5.90. The van der Waals surface area contributed by atoms with Gasteiger partial charge in [-0.05, 0) is 17.7 Å². The second-order valence-electron chi connectivity index (χ2n) is 6.74. The number of fused-ring (bicyclic) bond motifs is 1. The van der Waals surface area contributed by atoms with Crippen LogP contribution in [-0.4, -0.2) is 42.6 Å². The molecule has 0 fully saturated rings. The van der Waals surface area contributed by atoms with E-state index in [-0.39, 0.29) is 13.1 Å². The van der Waals surface area contributed by atoms with Gasteiger partial charge in [0.1, 0.15) is 5.69 Å². The fraction of sp³-hybridized carbons (Fsp3) is 0.333. The zero-order chi connectivity index (χ0) is 24.2. The fourth-order valence-corrected chi connectivity index (χ4v) is 2.57. The minimum atomic E-state index is -4.72. The van der Waals surface area contributed by atoms with Gasteiger partial charge < -0.3 is 10.6 Å². The number of hydrogen-bond acceptors (Lipinski definition) is 6. The van der Waals surface area contributed by atoms with Gasteiger partial charge in [-0.1, -0.05) is 0 Å². The van der Waals surface area contributed by atoms with Crippen LogP contribution in [-0.2, 0) is 24.1 Å². The molecule has 0 aliphatic rings. The van der Waals surface area contributed by atoms with Gasteiger partial charge in [-0.25, -0.2) is 19.5 Å². The van der Waals surface area contributed by atoms with Crippen molar-refractivity contribution in [2.75, 3.05) is 0 Å². The lowest BCUT2D eigenvalue weighted by atomic mass is 10.2. The first kappa shape index (κ1) is 23.9. The standard InChI is InChI=1S/C18H15F6N7O2/c19-17(20,21)3-1-14(32)26-6-10-5-13-29-11(9-31(13)28-7-10)8-27-16(33)15-25-4-2-12(30-15)18(22,23)24/h2,4-5,7,9H,1,3,6,8H2,(H,26,32)(H,27,33). The molecule has 0 aromatic carbocycles. The Balaban J connectivity index is 1.58. The van der Waals surface area contributed by atoms with Gasteiger partial charge in [0, 0.05) is 19.2 Å². The zero-order valence-electron chi connectivity index (χ0n) is 16.5. The topological polar surface area (TPSA) is 114 Å². The van der Waals surface area contributed by atoms with Gasteiger partial charge >= 0.3 is 12.4 Å². The molecule has 0 atom stereocenters. The number of nitrogens with one attached hydrogen (secondary N) is 2. The maximum absolute atomic E-state index is 12.7. The van der Waals surface area contributed by atoms with Crippen LogP contribution in [0.5, 0.6) is 0 Å². The average molecular weight is 475 g/mol. The molecule has 0 saturated heterocycles. The largest absolute Gasteiger partial charge is 0.433 e. The van der Waals surface area contributed by atoms with Gasteiger partial charge in [0.15, 0.2) is 5.65 Å². The summed E-state index contributed by atoms with van der Waals surface area (Å²) >= 11 is 0. The van der Waals surface area contributed by atoms with Crippen molar-refractivity contribution in [3.8, 4) is 0 Å². The predicted octanol–water partition coefficient (Wildman–Crippen LogP) is 2.43. The highest BCUT2D eigenvalue weighted by Gasteiger charge is 2.33. The van der Waals surface area contributed by atoms with Crippen molar-refractivity contribution >= 4 is 17.5 Å². The third-order valence-electron chi connectivity index (χ3n) is 4.13. The number of aromatic nitrogens is 5. The molecule has 0 bridgehead atoms. The molecule has 0 radical (unpaired) electrons. The number of rotatable bonds is 7. The van der Waals surface area contributed by atoms with Crippen LogP contribution >= 0.6 is 0 Å². The Kier molecular flexibility index (Phi) is 6.78. The molecule has 0 aliphatic carbocycles. The zero-order valence-corrected chi connectivity index (χ0v) is 16.5. The van der Waals surface area contributed by atoms with E-state index in [2.05, 4.69) is 30.7 Å². The van der Waals surface area contributed by atoms with Gasteiger partial charge in [-0.15, -0.1) is 0 Å². The molecule has 0 aliphatic heterocycles. The first-order chi connectivity index (χ1) is 15.4. The Hall–Kier alpha value is -3.78. The van der Waals surface area contributed by atoms with Gasteiger partial charge in [0.2, 0.25) is 11.7 Å². The number of alkyl halides is 6. The molecular weight excluding hydrogens is 460 g/mol. The maximum atomic E-state index is 12.7. The van der Waals surface area contributed by atoms with E-state index >= 15 is 0 Å². The first-order valence-electron chi connectivity index (χ1n) is 9.26. The number of halogens is 6. The van der Waals surface area contributed by atoms with Crippen molar-refractivity contribution in [3.05, 3.63) is 53.5 Å². The number of nitrogens with zero attached hydrogens (tertiary/aromatic N) is 5. The fourth-order valence-electron chi connectivity index (χ4n) is 2.57. The van der Waals surface area contributed by atoms with Crippen LogP contribution in [0.1, 0.15) is 40.4 Å². The van der Waals surface area contributed by atoms with Crippen molar-refractivity contribution in [2.24, 2.45) is 0 Å². The van der Waals surface area contributed by atoms with E-state index in [1.165, 1.54) is 23.0 Å². The normalized spacial score (nSPS) is 12.1. The lowest BCUT2D eigenvalue weighted by Crippen LogP contribution is -2.26. The minimum Gasteiger partial charge on any atom is -0.352 e. The minimum absolute atomic E-state index is 0.0635. The van der Waals surface area contributed by atoms with Crippen molar-refractivity contribution in [3.63, 3.8) is 0 Å². The molecule has 33 heavy (non-hydrogen) atoms. The molecule has 0 unspecified atom stereocenters. The SMILES string of the molecule is O=C(CCC(F)(F)F)NCc1cnn2cc(CNC(=O)c3nccc(C(F)(F)F)n3)nc2c1. The molecule has 3 aromatic rings. The molecule has 3 rings (SSSR count). The molecule has 0 spiro atoms. The Morgan fingerprint density at radius 3 is 2.48 bits per heavy atom. The summed E-state index contributed by atoms with van der Waals surface area (Å²) in [6.45, 7) is -0.225. The average Bonchev–Trinajstić information content (AvgIpc) is 3.15. The highest BCUT2D eigenvalue weighted by atomic mass is 19.4. The molecule has 3 heterocycles. The molecule has 15 heteroatoms. The summed E-state index contributed by atoms with van der Waals surface area (Å²) in [6, 6.07) is 2.17. The van der Waals surface area contributed by atoms with Crippen LogP contribution in [0.2, 0.25) is 0 Å². The summed E-state index contributed by atoms with van der Waals surface area (Å²) in [5, 5.41) is 8.75. The molecule has 2 N–H and O–H groups in total. The number of imidazole rings is 1. The number of amides is 2. The second kappa shape index (κ2) is 9.38. The van der Waals surface area contributed by atoms with Crippen LogP contribution in [0, 0.1) is 0 Å². The van der Waals surface area contributed by atoms with Gasteiger partial charge in [0.05, 0.1) is 31.1 Å². The third-order valence-corrected chi connectivity index (χ3v) is 4.13. The van der Waals surface area contributed by atoms with E-state index in [1.54, 1.807) is 0 Å². The molecule has 3 aromatic heterocycles. The monoisotopic (exact) mass is 475 g/mol. The Bertz CT molecular complexity index is 1160. The van der Waals surface area contributed by atoms with Crippen molar-refractivity contribution in [1.29, 1.82) is 0 Å². The highest BCUT2D eigenvalue weighted by Crippen LogP contribution is 2.27. The lowest BCUT2D eigenvalue weighted by Gasteiger charge is -2.07. The van der Waals surface area contributed by atoms with Crippen LogP contribution in [0.25, 0.3) is 5.65 Å². The lowest BCUT2D eigenvalue weighted by molar-refractivity contribution is -0.144. The van der Waals surface area contributed by atoms with Gasteiger partial charge in [-0.2, -0.15) is 31.4 Å². The van der Waals surface area contributed by atoms with Crippen molar-refractivity contribution in [2.45, 2.75) is 38.3 Å². The molecule has 2 amide bonds. The summed E-state index contributed by atoms with van der Waals surface area (Å²) in [7, 11) is 0. The van der Waals surface area contributed by atoms with Gasteiger partial charge in [0.25, 0.3) is 5.91 Å². The first-order valence-corrected chi connectivity index (χ1v) is 9.26.